The van der Waals surface area contributed by atoms with Crippen molar-refractivity contribution in [2.24, 2.45) is 17.8 Å². The molecular formula is C41H53ClF3N5O10S. The summed E-state index contributed by atoms with van der Waals surface area (Å²) in [5.41, 5.74) is -4.58. The van der Waals surface area contributed by atoms with Crippen molar-refractivity contribution in [2.75, 3.05) is 26.9 Å². The molecule has 20 heteroatoms. The lowest BCUT2D eigenvalue weighted by Gasteiger charge is -2.34. The maximum Gasteiger partial charge on any atom is 0.427 e. The van der Waals surface area contributed by atoms with E-state index in [2.05, 4.69) is 20.3 Å². The summed E-state index contributed by atoms with van der Waals surface area (Å²) in [6, 6.07) is 3.85. The monoisotopic (exact) mass is 899 g/mol. The van der Waals surface area contributed by atoms with Crippen LogP contribution in [-0.2, 0) is 33.9 Å². The van der Waals surface area contributed by atoms with E-state index in [-0.39, 0.29) is 50.3 Å². The highest BCUT2D eigenvalue weighted by Crippen LogP contribution is 2.48. The maximum atomic E-state index is 14.9. The van der Waals surface area contributed by atoms with Crippen LogP contribution in [-0.4, -0.2) is 109 Å². The Morgan fingerprint density at radius 1 is 1.10 bits per heavy atom. The molecule has 4 amide bonds. The minimum atomic E-state index is -4.93. The van der Waals surface area contributed by atoms with E-state index in [0.29, 0.717) is 61.7 Å². The van der Waals surface area contributed by atoms with Gasteiger partial charge in [0, 0.05) is 41.3 Å². The zero-order chi connectivity index (χ0) is 44.7. The van der Waals surface area contributed by atoms with E-state index in [1.54, 1.807) is 37.3 Å². The van der Waals surface area contributed by atoms with Crippen LogP contribution in [0.2, 0.25) is 5.02 Å². The Morgan fingerprint density at radius 3 is 2.49 bits per heavy atom. The van der Waals surface area contributed by atoms with Gasteiger partial charge >= 0.3 is 12.3 Å². The Hall–Kier alpha value is -4.36. The van der Waals surface area contributed by atoms with Gasteiger partial charge in [-0.1, -0.05) is 43.7 Å². The normalized spacial score (nSPS) is 28.6. The van der Waals surface area contributed by atoms with Crippen molar-refractivity contribution in [1.82, 2.24) is 25.2 Å². The zero-order valence-electron chi connectivity index (χ0n) is 34.9. The average Bonchev–Trinajstić information content (AvgIpc) is 4.05. The van der Waals surface area contributed by atoms with Crippen LogP contribution in [0, 0.1) is 17.8 Å². The fraction of sp³-hybridized carbons (Fsp3) is 0.634. The number of hydrogen-bond acceptors (Lipinski definition) is 11. The first-order chi connectivity index (χ1) is 28.5. The summed E-state index contributed by atoms with van der Waals surface area (Å²) in [5.74, 6) is -3.63. The van der Waals surface area contributed by atoms with Gasteiger partial charge in [0.25, 0.3) is 5.91 Å². The van der Waals surface area contributed by atoms with Gasteiger partial charge in [0.2, 0.25) is 39.2 Å². The average molecular weight is 900 g/mol. The maximum absolute atomic E-state index is 14.9. The van der Waals surface area contributed by atoms with Crippen molar-refractivity contribution < 1.29 is 59.7 Å². The van der Waals surface area contributed by atoms with Gasteiger partial charge in [-0.3, -0.25) is 19.1 Å². The molecule has 6 rings (SSSR count). The minimum Gasteiger partial charge on any atom is -0.475 e. The lowest BCUT2D eigenvalue weighted by Crippen LogP contribution is -2.59. The summed E-state index contributed by atoms with van der Waals surface area (Å²) in [4.78, 5) is 62.3. The molecule has 7 atom stereocenters. The number of alkyl halides is 3. The summed E-state index contributed by atoms with van der Waals surface area (Å²) >= 11 is 6.56. The molecule has 4 aliphatic rings. The molecule has 0 bridgehead atoms. The minimum absolute atomic E-state index is 0.0593. The molecule has 336 valence electrons. The van der Waals surface area contributed by atoms with E-state index >= 15 is 0 Å². The molecule has 3 heterocycles. The van der Waals surface area contributed by atoms with Crippen LogP contribution < -0.4 is 24.8 Å². The first-order valence-corrected chi connectivity index (χ1v) is 22.2. The molecule has 2 aliphatic heterocycles. The first kappa shape index (κ1) is 46.2. The Morgan fingerprint density at radius 2 is 1.82 bits per heavy atom. The predicted molar refractivity (Wildman–Crippen MR) is 217 cm³/mol. The molecule has 0 unspecified atom stereocenters. The number of nitrogens with one attached hydrogen (secondary N) is 3. The molecule has 3 N–H and O–H groups in total. The van der Waals surface area contributed by atoms with Crippen molar-refractivity contribution in [2.45, 2.75) is 120 Å². The second kappa shape index (κ2) is 17.4. The zero-order valence-corrected chi connectivity index (χ0v) is 36.5. The lowest BCUT2D eigenvalue weighted by atomic mass is 9.88. The van der Waals surface area contributed by atoms with Crippen LogP contribution in [0.25, 0.3) is 10.8 Å². The van der Waals surface area contributed by atoms with Crippen molar-refractivity contribution in [3.8, 4) is 11.8 Å². The van der Waals surface area contributed by atoms with Crippen molar-refractivity contribution in [1.29, 1.82) is 0 Å². The van der Waals surface area contributed by atoms with E-state index in [1.807, 2.05) is 13.0 Å². The van der Waals surface area contributed by atoms with Crippen molar-refractivity contribution >= 4 is 56.2 Å². The van der Waals surface area contributed by atoms with Crippen LogP contribution >= 0.6 is 11.6 Å². The second-order valence-corrected chi connectivity index (χ2v) is 20.0. The van der Waals surface area contributed by atoms with Gasteiger partial charge in [0.05, 0.1) is 17.9 Å². The Bertz CT molecular complexity index is 2170. The van der Waals surface area contributed by atoms with Crippen LogP contribution in [0.1, 0.15) is 79.6 Å². The number of amides is 4. The number of halogens is 4. The van der Waals surface area contributed by atoms with Crippen LogP contribution in [0.5, 0.6) is 11.8 Å². The predicted octanol–water partition coefficient (Wildman–Crippen LogP) is 5.58. The van der Waals surface area contributed by atoms with Gasteiger partial charge in [-0.05, 0) is 83.3 Å². The Balaban J connectivity index is 1.37. The molecule has 3 fully saturated rings. The quantitative estimate of drug-likeness (QED) is 0.189. The number of carbonyl (C=O) groups excluding carboxylic acids is 4. The van der Waals surface area contributed by atoms with Gasteiger partial charge in [-0.15, -0.1) is 0 Å². The van der Waals surface area contributed by atoms with Crippen molar-refractivity contribution in [3.63, 3.8) is 0 Å². The number of allylic oxidation sites excluding steroid dienone is 1. The SMILES string of the molecule is COCCOc1cc2c(Cl)cccc2c(O[C@@H]2C[C@H]3C(=O)N[C@]4(C(=O)NS(=O)(=O)C5(C)CC5)C[C@H]4/C=C\CC[C@@H](C)C[C@@H](C)[C@H](NC(=O)OC(C)(C)C(F)(F)F)C(=O)N3C2)n1. The fourth-order valence-electron chi connectivity index (χ4n) is 7.78. The van der Waals surface area contributed by atoms with Gasteiger partial charge < -0.3 is 34.5 Å². The third kappa shape index (κ3) is 9.98. The van der Waals surface area contributed by atoms with Gasteiger partial charge in [0.15, 0.2) is 0 Å². The number of aromatic nitrogens is 1. The third-order valence-electron chi connectivity index (χ3n) is 12.1. The summed E-state index contributed by atoms with van der Waals surface area (Å²) in [6.45, 7) is 6.63. The molecule has 61 heavy (non-hydrogen) atoms. The molecule has 15 nitrogen and oxygen atoms in total. The molecule has 2 aromatic rings. The summed E-state index contributed by atoms with van der Waals surface area (Å²) in [6.07, 6.45) is -1.64. The number of fused-ring (bicyclic) bond motifs is 3. The Kier molecular flexibility index (Phi) is 13.2. The smallest absolute Gasteiger partial charge is 0.427 e. The number of carbonyl (C=O) groups is 4. The van der Waals surface area contributed by atoms with Crippen molar-refractivity contribution in [3.05, 3.63) is 41.4 Å². The number of alkyl carbamates (subject to hydrolysis) is 1. The molecule has 0 radical (unpaired) electrons. The third-order valence-corrected chi connectivity index (χ3v) is 14.6. The van der Waals surface area contributed by atoms with Gasteiger partial charge in [-0.25, -0.2) is 13.2 Å². The molecule has 0 spiro atoms. The first-order valence-electron chi connectivity index (χ1n) is 20.3. The lowest BCUT2D eigenvalue weighted by molar-refractivity contribution is -0.244. The summed E-state index contributed by atoms with van der Waals surface area (Å²) in [7, 11) is -2.59. The van der Waals surface area contributed by atoms with E-state index in [1.165, 1.54) is 14.0 Å². The largest absolute Gasteiger partial charge is 0.475 e. The number of rotatable bonds is 11. The number of ether oxygens (including phenoxy) is 4. The number of benzene rings is 1. The van der Waals surface area contributed by atoms with Gasteiger partial charge in [0.1, 0.15) is 30.3 Å². The summed E-state index contributed by atoms with van der Waals surface area (Å²) in [5, 5.41) is 6.55. The standard InChI is InChI=1S/C41H53ClF3N5O10S/c1-23-10-7-8-11-25-21-40(25,36(53)49-61(55,56)39(5)14-15-39)48-33(51)30-19-26(59-34-27-12-9-13-29(42)28(27)20-31(46-34)58-17-16-57-6)22-50(30)35(52)32(24(2)18-23)47-37(54)60-38(3,4)41(43,44)45/h8-9,11-13,20,23-26,30,32H,7,10,14-19,21-22H2,1-6H3,(H,47,54)(H,48,51)(H,49,53)/b11-8-/t23-,24-,25-,26-,30+,32+,40-/m1/s1. The van der Waals surface area contributed by atoms with E-state index in [0.717, 1.165) is 4.90 Å². The highest BCUT2D eigenvalue weighted by Gasteiger charge is 2.63. The molecule has 1 saturated heterocycles. The van der Waals surface area contributed by atoms with E-state index < -0.39 is 85.9 Å². The van der Waals surface area contributed by atoms with Crippen LogP contribution in [0.4, 0.5) is 18.0 Å². The number of hydrogen-bond donors (Lipinski definition) is 3. The highest BCUT2D eigenvalue weighted by atomic mass is 35.5. The molecule has 1 aromatic heterocycles. The number of methoxy groups -OCH3 is 1. The molecule has 1 aromatic carbocycles. The highest BCUT2D eigenvalue weighted by molar-refractivity contribution is 7.91. The molecular weight excluding hydrogens is 847 g/mol. The van der Waals surface area contributed by atoms with E-state index in [9.17, 15) is 40.8 Å². The van der Waals surface area contributed by atoms with E-state index in [4.69, 9.17) is 30.5 Å². The topological polar surface area (TPSA) is 192 Å². The van der Waals surface area contributed by atoms with Gasteiger partial charge in [-0.2, -0.15) is 18.2 Å². The second-order valence-electron chi connectivity index (χ2n) is 17.4. The number of sulfonamides is 1. The number of pyridine rings is 1. The summed E-state index contributed by atoms with van der Waals surface area (Å²) < 4.78 is 91.0. The fourth-order valence-corrected chi connectivity index (χ4v) is 9.32. The molecule has 2 aliphatic carbocycles. The van der Waals surface area contributed by atoms with Crippen LogP contribution in [0.15, 0.2) is 36.4 Å². The Labute approximate surface area is 357 Å². The molecule has 2 saturated carbocycles. The van der Waals surface area contributed by atoms with Crippen LogP contribution in [0.3, 0.4) is 0 Å². The number of nitrogens with zero attached hydrogens (tertiary/aromatic N) is 2.